The number of nitro groups is 1. The first-order valence-electron chi connectivity index (χ1n) is 7.76. The molecular formula is C18H13Cl3N2O5. The summed E-state index contributed by atoms with van der Waals surface area (Å²) in [5.41, 5.74) is 0.408. The van der Waals surface area contributed by atoms with Crippen LogP contribution in [0.25, 0.3) is 6.08 Å². The molecule has 7 nitrogen and oxygen atoms in total. The average molecular weight is 444 g/mol. The molecule has 0 spiro atoms. The standard InChI is InChI=1S/C18H13Cl3N2O5/c1-10(18(25)22-15-6-4-12(19)9-14(15)21)28-17(24)7-3-11-2-5-13(20)16(8-11)23(26)27/h2-10H,1H3,(H,22,25)/b7-3+. The molecule has 0 aromatic heterocycles. The maximum Gasteiger partial charge on any atom is 0.331 e. The molecule has 2 rings (SSSR count). The molecule has 0 radical (unpaired) electrons. The van der Waals surface area contributed by atoms with Crippen LogP contribution in [0.3, 0.4) is 0 Å². The number of rotatable bonds is 6. The van der Waals surface area contributed by atoms with Gasteiger partial charge in [-0.3, -0.25) is 14.9 Å². The number of nitrogens with one attached hydrogen (secondary N) is 1. The fourth-order valence-corrected chi connectivity index (χ4v) is 2.67. The molecule has 0 bridgehead atoms. The van der Waals surface area contributed by atoms with Crippen molar-refractivity contribution in [1.29, 1.82) is 0 Å². The first-order valence-corrected chi connectivity index (χ1v) is 8.89. The van der Waals surface area contributed by atoms with Crippen LogP contribution in [0.4, 0.5) is 11.4 Å². The third-order valence-electron chi connectivity index (χ3n) is 3.43. The molecule has 0 saturated heterocycles. The fourth-order valence-electron chi connectivity index (χ4n) is 2.03. The number of nitrogens with zero attached hydrogens (tertiary/aromatic N) is 1. The van der Waals surface area contributed by atoms with Gasteiger partial charge in [0, 0.05) is 17.2 Å². The molecule has 1 amide bonds. The normalized spacial score (nSPS) is 11.9. The van der Waals surface area contributed by atoms with Gasteiger partial charge in [-0.05, 0) is 42.8 Å². The zero-order valence-corrected chi connectivity index (χ0v) is 16.6. The summed E-state index contributed by atoms with van der Waals surface area (Å²) in [7, 11) is 0. The van der Waals surface area contributed by atoms with Gasteiger partial charge in [-0.25, -0.2) is 4.79 Å². The summed E-state index contributed by atoms with van der Waals surface area (Å²) in [6.07, 6.45) is 1.25. The lowest BCUT2D eigenvalue weighted by molar-refractivity contribution is -0.384. The molecule has 1 unspecified atom stereocenters. The molecule has 0 aliphatic heterocycles. The minimum absolute atomic E-state index is 0.0177. The van der Waals surface area contributed by atoms with Crippen LogP contribution in [0.1, 0.15) is 12.5 Å². The van der Waals surface area contributed by atoms with E-state index < -0.39 is 22.9 Å². The van der Waals surface area contributed by atoms with E-state index in [2.05, 4.69) is 5.32 Å². The van der Waals surface area contributed by atoms with E-state index >= 15 is 0 Å². The Hall–Kier alpha value is -2.61. The van der Waals surface area contributed by atoms with Crippen molar-refractivity contribution in [2.24, 2.45) is 0 Å². The Balaban J connectivity index is 1.98. The van der Waals surface area contributed by atoms with E-state index in [1.807, 2.05) is 0 Å². The van der Waals surface area contributed by atoms with Crippen molar-refractivity contribution in [1.82, 2.24) is 0 Å². The molecule has 0 saturated carbocycles. The smallest absolute Gasteiger partial charge is 0.331 e. The summed E-state index contributed by atoms with van der Waals surface area (Å²) in [5, 5.41) is 14.0. The lowest BCUT2D eigenvalue weighted by Gasteiger charge is -2.13. The molecule has 0 aliphatic rings. The number of esters is 1. The molecule has 10 heteroatoms. The maximum atomic E-state index is 12.1. The summed E-state index contributed by atoms with van der Waals surface area (Å²) in [6.45, 7) is 1.39. The molecule has 2 aromatic rings. The van der Waals surface area contributed by atoms with Crippen molar-refractivity contribution in [3.05, 3.63) is 73.2 Å². The van der Waals surface area contributed by atoms with Gasteiger partial charge in [0.05, 0.1) is 15.6 Å². The van der Waals surface area contributed by atoms with Crippen molar-refractivity contribution >= 4 is 64.1 Å². The van der Waals surface area contributed by atoms with Gasteiger partial charge in [0.2, 0.25) is 0 Å². The van der Waals surface area contributed by atoms with Gasteiger partial charge in [-0.2, -0.15) is 0 Å². The molecule has 0 heterocycles. The largest absolute Gasteiger partial charge is 0.449 e. The zero-order valence-electron chi connectivity index (χ0n) is 14.3. The number of halogens is 3. The SMILES string of the molecule is CC(OC(=O)/C=C/c1ccc(Cl)c([N+](=O)[O-])c1)C(=O)Nc1ccc(Cl)cc1Cl. The van der Waals surface area contributed by atoms with Gasteiger partial charge >= 0.3 is 5.97 Å². The van der Waals surface area contributed by atoms with E-state index in [1.54, 1.807) is 6.07 Å². The molecule has 0 fully saturated rings. The number of hydrogen-bond donors (Lipinski definition) is 1. The molecule has 1 atom stereocenters. The lowest BCUT2D eigenvalue weighted by Crippen LogP contribution is -2.29. The quantitative estimate of drug-likeness (QED) is 0.288. The van der Waals surface area contributed by atoms with E-state index in [-0.39, 0.29) is 15.7 Å². The predicted octanol–water partition coefficient (Wildman–Crippen LogP) is 5.14. The topological polar surface area (TPSA) is 98.5 Å². The summed E-state index contributed by atoms with van der Waals surface area (Å²) in [5.74, 6) is -1.39. The highest BCUT2D eigenvalue weighted by Crippen LogP contribution is 2.26. The summed E-state index contributed by atoms with van der Waals surface area (Å²) >= 11 is 17.5. The van der Waals surface area contributed by atoms with Crippen LogP contribution in [-0.4, -0.2) is 22.9 Å². The number of carbonyl (C=O) groups excluding carboxylic acids is 2. The first-order chi connectivity index (χ1) is 13.2. The van der Waals surface area contributed by atoms with E-state index in [1.165, 1.54) is 43.3 Å². The monoisotopic (exact) mass is 442 g/mol. The molecule has 146 valence electrons. The molecule has 0 aliphatic carbocycles. The predicted molar refractivity (Wildman–Crippen MR) is 108 cm³/mol. The van der Waals surface area contributed by atoms with E-state index in [0.717, 1.165) is 6.08 Å². The maximum absolute atomic E-state index is 12.1. The van der Waals surface area contributed by atoms with E-state index in [9.17, 15) is 19.7 Å². The second-order valence-corrected chi connectivity index (χ2v) is 6.74. The van der Waals surface area contributed by atoms with E-state index in [0.29, 0.717) is 16.3 Å². The van der Waals surface area contributed by atoms with Gasteiger partial charge in [0.1, 0.15) is 5.02 Å². The zero-order chi connectivity index (χ0) is 20.8. The minimum Gasteiger partial charge on any atom is -0.449 e. The number of hydrogen-bond acceptors (Lipinski definition) is 5. The average Bonchev–Trinajstić information content (AvgIpc) is 2.63. The Morgan fingerprint density at radius 1 is 1.14 bits per heavy atom. The highest BCUT2D eigenvalue weighted by Gasteiger charge is 2.18. The molecule has 28 heavy (non-hydrogen) atoms. The number of ether oxygens (including phenoxy) is 1. The lowest BCUT2D eigenvalue weighted by atomic mass is 10.2. The minimum atomic E-state index is -1.11. The van der Waals surface area contributed by atoms with Crippen molar-refractivity contribution in [2.75, 3.05) is 5.32 Å². The van der Waals surface area contributed by atoms with Gasteiger partial charge in [0.15, 0.2) is 6.10 Å². The molecule has 2 aromatic carbocycles. The Morgan fingerprint density at radius 3 is 2.50 bits per heavy atom. The summed E-state index contributed by atoms with van der Waals surface area (Å²) in [6, 6.07) is 8.58. The first kappa shape index (κ1) is 21.7. The van der Waals surface area contributed by atoms with Gasteiger partial charge < -0.3 is 10.1 Å². The highest BCUT2D eigenvalue weighted by atomic mass is 35.5. The summed E-state index contributed by atoms with van der Waals surface area (Å²) < 4.78 is 5.00. The van der Waals surface area contributed by atoms with Crippen molar-refractivity contribution < 1.29 is 19.2 Å². The van der Waals surface area contributed by atoms with Crippen LogP contribution in [0.2, 0.25) is 15.1 Å². The number of anilines is 1. The van der Waals surface area contributed by atoms with Crippen molar-refractivity contribution in [2.45, 2.75) is 13.0 Å². The Morgan fingerprint density at radius 2 is 1.86 bits per heavy atom. The van der Waals surface area contributed by atoms with E-state index in [4.69, 9.17) is 39.5 Å². The van der Waals surface area contributed by atoms with Crippen LogP contribution in [0.5, 0.6) is 0 Å². The number of benzene rings is 2. The summed E-state index contributed by atoms with van der Waals surface area (Å²) in [4.78, 5) is 34.2. The highest BCUT2D eigenvalue weighted by molar-refractivity contribution is 6.36. The van der Waals surface area contributed by atoms with Crippen LogP contribution >= 0.6 is 34.8 Å². The fraction of sp³-hybridized carbons (Fsp3) is 0.111. The number of carbonyl (C=O) groups is 2. The Labute approximate surface area is 175 Å². The number of nitro benzene ring substituents is 1. The third kappa shape index (κ3) is 5.95. The third-order valence-corrected chi connectivity index (χ3v) is 4.30. The Kier molecular flexibility index (Phi) is 7.39. The van der Waals surface area contributed by atoms with Crippen LogP contribution in [-0.2, 0) is 14.3 Å². The second-order valence-electron chi connectivity index (χ2n) is 5.49. The second kappa shape index (κ2) is 9.54. The Bertz CT molecular complexity index is 962. The van der Waals surface area contributed by atoms with Crippen LogP contribution in [0.15, 0.2) is 42.5 Å². The van der Waals surface area contributed by atoms with Gasteiger partial charge in [-0.1, -0.05) is 40.9 Å². The van der Waals surface area contributed by atoms with Gasteiger partial charge in [0.25, 0.3) is 11.6 Å². The van der Waals surface area contributed by atoms with Crippen molar-refractivity contribution in [3.8, 4) is 0 Å². The molecular weight excluding hydrogens is 431 g/mol. The van der Waals surface area contributed by atoms with Crippen molar-refractivity contribution in [3.63, 3.8) is 0 Å². The molecule has 1 N–H and O–H groups in total. The van der Waals surface area contributed by atoms with Crippen LogP contribution in [0, 0.1) is 10.1 Å². The van der Waals surface area contributed by atoms with Crippen LogP contribution < -0.4 is 5.32 Å². The number of amides is 1. The van der Waals surface area contributed by atoms with Gasteiger partial charge in [-0.15, -0.1) is 0 Å².